The number of ether oxygens (including phenoxy) is 1. The summed E-state index contributed by atoms with van der Waals surface area (Å²) < 4.78 is 6.42. The lowest BCUT2D eigenvalue weighted by atomic mass is 10.0. The van der Waals surface area contributed by atoms with E-state index in [-0.39, 0.29) is 11.9 Å². The molecule has 4 nitrogen and oxygen atoms in total. The third-order valence-electron chi connectivity index (χ3n) is 5.26. The van der Waals surface area contributed by atoms with Crippen molar-refractivity contribution in [1.29, 1.82) is 0 Å². The van der Waals surface area contributed by atoms with Gasteiger partial charge in [-0.3, -0.25) is 9.69 Å². The molecule has 146 valence electrons. The fourth-order valence-electron chi connectivity index (χ4n) is 3.79. The van der Waals surface area contributed by atoms with Crippen molar-refractivity contribution in [2.45, 2.75) is 18.9 Å². The van der Waals surface area contributed by atoms with Crippen LogP contribution < -0.4 is 10.1 Å². The van der Waals surface area contributed by atoms with Crippen LogP contribution in [0.25, 0.3) is 10.1 Å². The molecular weight excluding hydrogens is 392 g/mol. The van der Waals surface area contributed by atoms with E-state index < -0.39 is 0 Å². The van der Waals surface area contributed by atoms with Crippen LogP contribution in [0.3, 0.4) is 0 Å². The van der Waals surface area contributed by atoms with Crippen molar-refractivity contribution in [3.8, 4) is 5.75 Å². The summed E-state index contributed by atoms with van der Waals surface area (Å²) in [5, 5.41) is 4.59. The highest BCUT2D eigenvalue weighted by Gasteiger charge is 2.25. The molecule has 3 aromatic rings. The van der Waals surface area contributed by atoms with E-state index in [1.165, 1.54) is 24.2 Å². The number of benzene rings is 2. The second-order valence-electron chi connectivity index (χ2n) is 6.99. The Morgan fingerprint density at radius 1 is 1.21 bits per heavy atom. The third kappa shape index (κ3) is 3.88. The molecule has 4 rings (SSSR count). The van der Waals surface area contributed by atoms with Crippen LogP contribution in [0.1, 0.15) is 34.1 Å². The van der Waals surface area contributed by atoms with Gasteiger partial charge in [0.05, 0.1) is 18.2 Å². The Hall–Kier alpha value is -2.08. The van der Waals surface area contributed by atoms with Crippen LogP contribution in [-0.4, -0.2) is 37.6 Å². The zero-order valence-corrected chi connectivity index (χ0v) is 17.4. The van der Waals surface area contributed by atoms with E-state index in [0.717, 1.165) is 34.5 Å². The van der Waals surface area contributed by atoms with Crippen molar-refractivity contribution in [2.24, 2.45) is 0 Å². The highest BCUT2D eigenvalue weighted by Crippen LogP contribution is 2.35. The Morgan fingerprint density at radius 2 is 2.00 bits per heavy atom. The zero-order valence-electron chi connectivity index (χ0n) is 15.8. The van der Waals surface area contributed by atoms with E-state index >= 15 is 0 Å². The first kappa shape index (κ1) is 19.2. The molecule has 1 aliphatic heterocycles. The second kappa shape index (κ2) is 8.52. The van der Waals surface area contributed by atoms with E-state index in [1.54, 1.807) is 7.11 Å². The first-order valence-corrected chi connectivity index (χ1v) is 10.7. The number of fused-ring (bicyclic) bond motifs is 1. The lowest BCUT2D eigenvalue weighted by Crippen LogP contribution is -2.36. The molecule has 1 N–H and O–H groups in total. The van der Waals surface area contributed by atoms with Gasteiger partial charge in [0.2, 0.25) is 0 Å². The molecule has 1 unspecified atom stereocenters. The molecule has 0 bridgehead atoms. The van der Waals surface area contributed by atoms with Crippen molar-refractivity contribution in [1.82, 2.24) is 10.2 Å². The van der Waals surface area contributed by atoms with Gasteiger partial charge in [-0.1, -0.05) is 41.9 Å². The monoisotopic (exact) mass is 414 g/mol. The molecule has 1 saturated heterocycles. The minimum atomic E-state index is -0.113. The van der Waals surface area contributed by atoms with Crippen molar-refractivity contribution >= 4 is 38.9 Å². The number of carbonyl (C=O) groups is 1. The summed E-state index contributed by atoms with van der Waals surface area (Å²) in [6.45, 7) is 2.62. The van der Waals surface area contributed by atoms with Crippen molar-refractivity contribution < 1.29 is 9.53 Å². The molecular formula is C22H23ClN2O2S. The van der Waals surface area contributed by atoms with Crippen molar-refractivity contribution in [2.75, 3.05) is 26.7 Å². The molecule has 1 aliphatic rings. The van der Waals surface area contributed by atoms with Crippen LogP contribution >= 0.6 is 22.9 Å². The number of carbonyl (C=O) groups excluding carboxylic acids is 1. The average Bonchev–Trinajstić information content (AvgIpc) is 3.37. The van der Waals surface area contributed by atoms with Gasteiger partial charge in [0, 0.05) is 16.6 Å². The number of hydrogen-bond acceptors (Lipinski definition) is 4. The maximum atomic E-state index is 12.9. The van der Waals surface area contributed by atoms with E-state index in [2.05, 4.69) is 22.3 Å². The summed E-state index contributed by atoms with van der Waals surface area (Å²) in [7, 11) is 1.68. The Kier molecular flexibility index (Phi) is 5.85. The zero-order chi connectivity index (χ0) is 19.5. The highest BCUT2D eigenvalue weighted by molar-refractivity contribution is 7.21. The number of rotatable bonds is 6. The lowest BCUT2D eigenvalue weighted by molar-refractivity contribution is 0.0942. The number of hydrogen-bond donors (Lipinski definition) is 1. The van der Waals surface area contributed by atoms with Gasteiger partial charge in [0.25, 0.3) is 5.91 Å². The summed E-state index contributed by atoms with van der Waals surface area (Å²) in [5.74, 6) is 0.721. The average molecular weight is 415 g/mol. The molecule has 2 aromatic carbocycles. The predicted octanol–water partition coefficient (Wildman–Crippen LogP) is 5.13. The SMILES string of the molecule is COc1cccc(C(CNC(=O)c2sc3ccccc3c2Cl)N2CCCC2)c1. The van der Waals surface area contributed by atoms with Gasteiger partial charge in [0.1, 0.15) is 10.6 Å². The number of nitrogens with one attached hydrogen (secondary N) is 1. The van der Waals surface area contributed by atoms with Crippen LogP contribution in [0.2, 0.25) is 5.02 Å². The molecule has 6 heteroatoms. The van der Waals surface area contributed by atoms with Gasteiger partial charge < -0.3 is 10.1 Å². The molecule has 1 fully saturated rings. The van der Waals surface area contributed by atoms with Crippen LogP contribution in [0.5, 0.6) is 5.75 Å². The van der Waals surface area contributed by atoms with Crippen molar-refractivity contribution in [3.05, 3.63) is 64.0 Å². The number of halogens is 1. The quantitative estimate of drug-likeness (QED) is 0.607. The molecule has 0 saturated carbocycles. The first-order valence-electron chi connectivity index (χ1n) is 9.50. The van der Waals surface area contributed by atoms with E-state index in [1.807, 2.05) is 36.4 Å². The van der Waals surface area contributed by atoms with E-state index in [9.17, 15) is 4.79 Å². The van der Waals surface area contributed by atoms with Gasteiger partial charge >= 0.3 is 0 Å². The topological polar surface area (TPSA) is 41.6 Å². The Labute approximate surface area is 174 Å². The molecule has 2 heterocycles. The van der Waals surface area contributed by atoms with Crippen LogP contribution in [0.4, 0.5) is 0 Å². The van der Waals surface area contributed by atoms with E-state index in [0.29, 0.717) is 16.4 Å². The standard InChI is InChI=1S/C22H23ClN2O2S/c1-27-16-8-6-7-15(13-16)18(25-11-4-5-12-25)14-24-22(26)21-20(23)17-9-2-3-10-19(17)28-21/h2-3,6-10,13,18H,4-5,11-12,14H2,1H3,(H,24,26). The third-order valence-corrected chi connectivity index (χ3v) is 6.93. The Balaban J connectivity index is 1.54. The maximum Gasteiger partial charge on any atom is 0.262 e. The smallest absolute Gasteiger partial charge is 0.262 e. The van der Waals surface area contributed by atoms with Gasteiger partial charge in [-0.15, -0.1) is 11.3 Å². The molecule has 0 aliphatic carbocycles. The van der Waals surface area contributed by atoms with Crippen molar-refractivity contribution in [3.63, 3.8) is 0 Å². The molecule has 1 amide bonds. The number of methoxy groups -OCH3 is 1. The van der Waals surface area contributed by atoms with Crippen LogP contribution in [-0.2, 0) is 0 Å². The summed E-state index contributed by atoms with van der Waals surface area (Å²) in [5.41, 5.74) is 1.16. The highest BCUT2D eigenvalue weighted by atomic mass is 35.5. The van der Waals surface area contributed by atoms with Crippen LogP contribution in [0, 0.1) is 0 Å². The lowest BCUT2D eigenvalue weighted by Gasteiger charge is -2.28. The normalized spacial score (nSPS) is 15.6. The fourth-order valence-corrected chi connectivity index (χ4v) is 5.22. The fraction of sp³-hybridized carbons (Fsp3) is 0.318. The second-order valence-corrected chi connectivity index (χ2v) is 8.42. The number of thiophene rings is 1. The number of amides is 1. The summed E-state index contributed by atoms with van der Waals surface area (Å²) in [6.07, 6.45) is 2.38. The summed E-state index contributed by atoms with van der Waals surface area (Å²) >= 11 is 7.91. The summed E-state index contributed by atoms with van der Waals surface area (Å²) in [6, 6.07) is 16.1. The Morgan fingerprint density at radius 3 is 2.75 bits per heavy atom. The molecule has 28 heavy (non-hydrogen) atoms. The van der Waals surface area contributed by atoms with Crippen LogP contribution in [0.15, 0.2) is 48.5 Å². The predicted molar refractivity (Wildman–Crippen MR) is 116 cm³/mol. The first-order chi connectivity index (χ1) is 13.7. The Bertz CT molecular complexity index is 982. The number of likely N-dealkylation sites (tertiary alicyclic amines) is 1. The molecule has 0 spiro atoms. The van der Waals surface area contributed by atoms with Gasteiger partial charge in [-0.05, 0) is 49.7 Å². The molecule has 1 atom stereocenters. The minimum absolute atomic E-state index is 0.113. The number of nitrogens with zero attached hydrogens (tertiary/aromatic N) is 1. The maximum absolute atomic E-state index is 12.9. The molecule has 1 aromatic heterocycles. The van der Waals surface area contributed by atoms with Gasteiger partial charge in [0.15, 0.2) is 0 Å². The van der Waals surface area contributed by atoms with Gasteiger partial charge in [-0.2, -0.15) is 0 Å². The molecule has 0 radical (unpaired) electrons. The van der Waals surface area contributed by atoms with E-state index in [4.69, 9.17) is 16.3 Å². The summed E-state index contributed by atoms with van der Waals surface area (Å²) in [4.78, 5) is 15.9. The van der Waals surface area contributed by atoms with Gasteiger partial charge in [-0.25, -0.2) is 0 Å². The minimum Gasteiger partial charge on any atom is -0.497 e. The largest absolute Gasteiger partial charge is 0.497 e.